The molecule has 0 saturated heterocycles. The first-order valence-electron chi connectivity index (χ1n) is 5.47. The van der Waals surface area contributed by atoms with Gasteiger partial charge >= 0.3 is 8.80 Å². The number of hydrogen-bond acceptors (Lipinski definition) is 4. The molecule has 0 spiro atoms. The highest BCUT2D eigenvalue weighted by Gasteiger charge is 2.14. The molecule has 0 aromatic heterocycles. The molecule has 0 unspecified atom stereocenters. The molecule has 0 fully saturated rings. The monoisotopic (exact) mass is 257 g/mol. The van der Waals surface area contributed by atoms with Gasteiger partial charge in [0, 0.05) is 18.9 Å². The lowest BCUT2D eigenvalue weighted by Gasteiger charge is -2.15. The molecule has 16 heavy (non-hydrogen) atoms. The van der Waals surface area contributed by atoms with Gasteiger partial charge in [0.05, 0.1) is 0 Å². The van der Waals surface area contributed by atoms with Crippen molar-refractivity contribution >= 4 is 23.8 Å². The summed E-state index contributed by atoms with van der Waals surface area (Å²) in [5, 5.41) is 0. The summed E-state index contributed by atoms with van der Waals surface area (Å²) < 4.78 is 16.8. The first kappa shape index (κ1) is 13.2. The van der Waals surface area contributed by atoms with Gasteiger partial charge in [-0.1, -0.05) is 0 Å². The second-order valence-electron chi connectivity index (χ2n) is 3.22. The molecule has 0 atom stereocenters. The number of nitrogens with two attached hydrogens (primary N) is 1. The van der Waals surface area contributed by atoms with Crippen LogP contribution >= 0.6 is 0 Å². The van der Waals surface area contributed by atoms with Crippen molar-refractivity contribution in [3.8, 4) is 5.75 Å². The van der Waals surface area contributed by atoms with E-state index in [9.17, 15) is 0 Å². The van der Waals surface area contributed by atoms with Crippen LogP contribution in [0.4, 0.5) is 5.69 Å². The quantitative estimate of drug-likeness (QED) is 0.572. The molecular formula is C10H19NO3Si2. The van der Waals surface area contributed by atoms with E-state index >= 15 is 0 Å². The first-order chi connectivity index (χ1) is 7.76. The van der Waals surface area contributed by atoms with Gasteiger partial charge in [-0.2, -0.15) is 0 Å². The average molecular weight is 257 g/mol. The van der Waals surface area contributed by atoms with Crippen LogP contribution in [0.25, 0.3) is 0 Å². The van der Waals surface area contributed by atoms with Gasteiger partial charge < -0.3 is 19.0 Å². The third-order valence-corrected chi connectivity index (χ3v) is 6.88. The molecule has 0 radical (unpaired) electrons. The maximum Gasteiger partial charge on any atom is 0.340 e. The molecule has 0 saturated carbocycles. The fourth-order valence-electron chi connectivity index (χ4n) is 1.24. The molecule has 0 bridgehead atoms. The lowest BCUT2D eigenvalue weighted by molar-refractivity contribution is 0.228. The van der Waals surface area contributed by atoms with Crippen LogP contribution < -0.4 is 10.2 Å². The minimum absolute atomic E-state index is 0.703. The molecule has 0 heterocycles. The summed E-state index contributed by atoms with van der Waals surface area (Å²) in [6, 6.07) is 7.43. The van der Waals surface area contributed by atoms with Crippen molar-refractivity contribution in [1.29, 1.82) is 0 Å². The van der Waals surface area contributed by atoms with Gasteiger partial charge in [0.15, 0.2) is 0 Å². The molecule has 1 aromatic rings. The Hall–Kier alpha value is -0.826. The van der Waals surface area contributed by atoms with Crippen LogP contribution in [0.15, 0.2) is 24.3 Å². The van der Waals surface area contributed by atoms with E-state index in [0.717, 1.165) is 11.4 Å². The molecule has 4 nitrogen and oxygen atoms in total. The Balaban J connectivity index is 2.38. The predicted molar refractivity (Wildman–Crippen MR) is 70.4 cm³/mol. The Morgan fingerprint density at radius 3 is 2.19 bits per heavy atom. The second kappa shape index (κ2) is 7.45. The van der Waals surface area contributed by atoms with Gasteiger partial charge in [0.2, 0.25) is 0 Å². The summed E-state index contributed by atoms with van der Waals surface area (Å²) in [6.07, 6.45) is 0. The van der Waals surface area contributed by atoms with Crippen molar-refractivity contribution in [2.45, 2.75) is 13.8 Å². The zero-order chi connectivity index (χ0) is 11.8. The van der Waals surface area contributed by atoms with E-state index in [0.29, 0.717) is 13.2 Å². The van der Waals surface area contributed by atoms with Crippen molar-refractivity contribution in [3.05, 3.63) is 24.3 Å². The zero-order valence-corrected chi connectivity index (χ0v) is 12.4. The topological polar surface area (TPSA) is 53.7 Å². The largest absolute Gasteiger partial charge is 0.547 e. The van der Waals surface area contributed by atoms with Crippen LogP contribution in [0.1, 0.15) is 13.8 Å². The number of hydrogen-bond donors (Lipinski definition) is 1. The van der Waals surface area contributed by atoms with Crippen molar-refractivity contribution in [1.82, 2.24) is 0 Å². The number of nitrogen functional groups attached to an aromatic ring is 1. The van der Waals surface area contributed by atoms with Crippen LogP contribution in [0.5, 0.6) is 5.75 Å². The zero-order valence-electron chi connectivity index (χ0n) is 9.81. The normalized spacial score (nSPS) is 11.4. The lowest BCUT2D eigenvalue weighted by atomic mass is 10.3. The Morgan fingerprint density at radius 2 is 1.69 bits per heavy atom. The lowest BCUT2D eigenvalue weighted by Crippen LogP contribution is -2.34. The summed E-state index contributed by atoms with van der Waals surface area (Å²) in [4.78, 5) is 0. The smallest absolute Gasteiger partial charge is 0.340 e. The molecule has 0 aliphatic carbocycles. The van der Waals surface area contributed by atoms with Gasteiger partial charge in [0.25, 0.3) is 9.28 Å². The molecule has 6 heteroatoms. The standard InChI is InChI=1S/C10H19NO3Si2/c1-3-12-16(13-4-2)15-14-10-7-5-9(11)6-8-10/h5-8,16H,3-4,11,15H2,1-2H3. The highest BCUT2D eigenvalue weighted by atomic mass is 29.2. The van der Waals surface area contributed by atoms with Crippen LogP contribution in [-0.4, -0.2) is 31.3 Å². The summed E-state index contributed by atoms with van der Waals surface area (Å²) in [5.74, 6) is 0.859. The summed E-state index contributed by atoms with van der Waals surface area (Å²) >= 11 is 0. The van der Waals surface area contributed by atoms with Gasteiger partial charge in [0.1, 0.15) is 5.75 Å². The van der Waals surface area contributed by atoms with Crippen molar-refractivity contribution in [2.75, 3.05) is 18.9 Å². The number of benzene rings is 1. The molecular weight excluding hydrogens is 238 g/mol. The van der Waals surface area contributed by atoms with E-state index in [4.69, 9.17) is 19.0 Å². The Morgan fingerprint density at radius 1 is 1.12 bits per heavy atom. The summed E-state index contributed by atoms with van der Waals surface area (Å²) in [6.45, 7) is 5.37. The maximum atomic E-state index is 5.72. The molecule has 0 amide bonds. The molecule has 2 N–H and O–H groups in total. The predicted octanol–water partition coefficient (Wildman–Crippen LogP) is 0.522. The highest BCUT2D eigenvalue weighted by Crippen LogP contribution is 2.12. The third kappa shape index (κ3) is 4.80. The van der Waals surface area contributed by atoms with E-state index in [2.05, 4.69) is 0 Å². The van der Waals surface area contributed by atoms with Gasteiger partial charge in [-0.15, -0.1) is 0 Å². The Labute approximate surface area is 100 Å². The van der Waals surface area contributed by atoms with Gasteiger partial charge in [-0.25, -0.2) is 0 Å². The summed E-state index contributed by atoms with van der Waals surface area (Å²) in [5.41, 5.74) is 6.34. The molecule has 0 aliphatic rings. The van der Waals surface area contributed by atoms with E-state index in [-0.39, 0.29) is 0 Å². The van der Waals surface area contributed by atoms with E-state index in [1.165, 1.54) is 0 Å². The molecule has 1 aromatic carbocycles. The van der Waals surface area contributed by atoms with Crippen LogP contribution in [0.2, 0.25) is 0 Å². The molecule has 0 aliphatic heterocycles. The SMILES string of the molecule is CCO[SiH](OCC)[SiH2]Oc1ccc(N)cc1. The van der Waals surface area contributed by atoms with E-state index in [1.54, 1.807) is 0 Å². The number of rotatable bonds is 7. The number of anilines is 1. The fraction of sp³-hybridized carbons (Fsp3) is 0.400. The average Bonchev–Trinajstić information content (AvgIpc) is 2.29. The van der Waals surface area contributed by atoms with Crippen LogP contribution in [0.3, 0.4) is 0 Å². The van der Waals surface area contributed by atoms with Crippen LogP contribution in [-0.2, 0) is 8.85 Å². The fourth-order valence-corrected chi connectivity index (χ4v) is 5.77. The van der Waals surface area contributed by atoms with Crippen molar-refractivity contribution in [2.24, 2.45) is 0 Å². The molecule has 1 rings (SSSR count). The van der Waals surface area contributed by atoms with Crippen molar-refractivity contribution in [3.63, 3.8) is 0 Å². The van der Waals surface area contributed by atoms with Crippen molar-refractivity contribution < 1.29 is 13.3 Å². The Bertz CT molecular complexity index is 289. The minimum atomic E-state index is -1.53. The van der Waals surface area contributed by atoms with Gasteiger partial charge in [-0.3, -0.25) is 0 Å². The second-order valence-corrected chi connectivity index (χ2v) is 8.37. The molecule has 90 valence electrons. The maximum absolute atomic E-state index is 5.72. The summed E-state index contributed by atoms with van der Waals surface area (Å²) in [7, 11) is -2.28. The highest BCUT2D eigenvalue weighted by molar-refractivity contribution is 7.03. The van der Waals surface area contributed by atoms with E-state index in [1.807, 2.05) is 38.1 Å². The van der Waals surface area contributed by atoms with E-state index < -0.39 is 18.1 Å². The van der Waals surface area contributed by atoms with Gasteiger partial charge in [-0.05, 0) is 38.1 Å². The first-order valence-corrected chi connectivity index (χ1v) is 10.3. The third-order valence-electron chi connectivity index (χ3n) is 1.97. The van der Waals surface area contributed by atoms with Crippen LogP contribution in [0, 0.1) is 0 Å². The minimum Gasteiger partial charge on any atom is -0.547 e. The Kier molecular flexibility index (Phi) is 6.16.